The van der Waals surface area contributed by atoms with Gasteiger partial charge < -0.3 is 15.7 Å². The van der Waals surface area contributed by atoms with Crippen LogP contribution < -0.4 is 10.6 Å². The zero-order valence-electron chi connectivity index (χ0n) is 11.6. The van der Waals surface area contributed by atoms with Crippen molar-refractivity contribution in [3.63, 3.8) is 0 Å². The van der Waals surface area contributed by atoms with Gasteiger partial charge in [-0.1, -0.05) is 26.0 Å². The van der Waals surface area contributed by atoms with Crippen LogP contribution in [0.2, 0.25) is 0 Å². The number of aliphatic hydroxyl groups excluding tert-OH is 1. The summed E-state index contributed by atoms with van der Waals surface area (Å²) in [4.78, 5) is 12.9. The van der Waals surface area contributed by atoms with E-state index < -0.39 is 0 Å². The molecule has 0 saturated carbocycles. The van der Waals surface area contributed by atoms with Crippen LogP contribution in [0.25, 0.3) is 0 Å². The number of nitrogens with one attached hydrogen (secondary N) is 2. The summed E-state index contributed by atoms with van der Waals surface area (Å²) in [5, 5.41) is 14.9. The predicted molar refractivity (Wildman–Crippen MR) is 80.7 cm³/mol. The molecular weight excluding hydrogens is 260 g/mol. The molecule has 1 rings (SSSR count). The Morgan fingerprint density at radius 1 is 1.37 bits per heavy atom. The van der Waals surface area contributed by atoms with Gasteiger partial charge in [0.15, 0.2) is 0 Å². The summed E-state index contributed by atoms with van der Waals surface area (Å²) < 4.78 is 0. The Labute approximate surface area is 119 Å². The summed E-state index contributed by atoms with van der Waals surface area (Å²) in [5.41, 5.74) is 0.786. The van der Waals surface area contributed by atoms with Crippen molar-refractivity contribution in [2.24, 2.45) is 5.92 Å². The highest BCUT2D eigenvalue weighted by Gasteiger charge is 2.13. The van der Waals surface area contributed by atoms with Crippen LogP contribution >= 0.6 is 11.8 Å². The Kier molecular flexibility index (Phi) is 6.73. The fourth-order valence-electron chi connectivity index (χ4n) is 1.84. The third-order valence-corrected chi connectivity index (χ3v) is 3.46. The lowest BCUT2D eigenvalue weighted by atomic mass is 10.0. The Balaban J connectivity index is 2.59. The van der Waals surface area contributed by atoms with E-state index in [1.165, 1.54) is 0 Å². The average Bonchev–Trinajstić information content (AvgIpc) is 2.38. The minimum Gasteiger partial charge on any atom is -0.394 e. The van der Waals surface area contributed by atoms with Gasteiger partial charge in [0, 0.05) is 4.90 Å². The van der Waals surface area contributed by atoms with E-state index >= 15 is 0 Å². The molecule has 0 saturated heterocycles. The second-order valence-electron chi connectivity index (χ2n) is 4.81. The molecule has 106 valence electrons. The first kappa shape index (κ1) is 15.9. The van der Waals surface area contributed by atoms with Crippen LogP contribution in [0.4, 0.5) is 10.5 Å². The highest BCUT2D eigenvalue weighted by atomic mass is 32.2. The monoisotopic (exact) mass is 282 g/mol. The number of thioether (sulfide) groups is 1. The smallest absolute Gasteiger partial charge is 0.319 e. The van der Waals surface area contributed by atoms with Crippen molar-refractivity contribution in [1.29, 1.82) is 0 Å². The topological polar surface area (TPSA) is 61.4 Å². The van der Waals surface area contributed by atoms with Crippen LogP contribution in [0.15, 0.2) is 29.2 Å². The molecule has 0 aliphatic rings. The summed E-state index contributed by atoms with van der Waals surface area (Å²) in [6, 6.07) is 7.15. The molecule has 4 nitrogen and oxygen atoms in total. The fourth-order valence-corrected chi connectivity index (χ4v) is 2.39. The average molecular weight is 282 g/mol. The van der Waals surface area contributed by atoms with Gasteiger partial charge in [-0.15, -0.1) is 11.8 Å². The van der Waals surface area contributed by atoms with E-state index in [-0.39, 0.29) is 18.7 Å². The second kappa shape index (κ2) is 8.07. The summed E-state index contributed by atoms with van der Waals surface area (Å²) in [7, 11) is 0. The van der Waals surface area contributed by atoms with Crippen molar-refractivity contribution >= 4 is 23.5 Å². The highest BCUT2D eigenvalue weighted by Crippen LogP contribution is 2.24. The highest BCUT2D eigenvalue weighted by molar-refractivity contribution is 7.98. The quantitative estimate of drug-likeness (QED) is 0.703. The van der Waals surface area contributed by atoms with Crippen molar-refractivity contribution < 1.29 is 9.90 Å². The molecule has 1 unspecified atom stereocenters. The van der Waals surface area contributed by atoms with Crippen LogP contribution in [0.5, 0.6) is 0 Å². The van der Waals surface area contributed by atoms with Crippen LogP contribution in [-0.4, -0.2) is 30.0 Å². The number of rotatable bonds is 6. The fraction of sp³-hybridized carbons (Fsp3) is 0.500. The number of aliphatic hydroxyl groups is 1. The molecule has 5 heteroatoms. The Hall–Kier alpha value is -1.20. The zero-order valence-corrected chi connectivity index (χ0v) is 12.5. The molecule has 0 radical (unpaired) electrons. The SMILES string of the molecule is CSc1ccccc1NC(=O)NC(CO)CC(C)C. The van der Waals surface area contributed by atoms with Crippen molar-refractivity contribution in [3.8, 4) is 0 Å². The molecule has 2 amide bonds. The molecule has 3 N–H and O–H groups in total. The molecule has 0 spiro atoms. The van der Waals surface area contributed by atoms with Crippen molar-refractivity contribution in [1.82, 2.24) is 5.32 Å². The third-order valence-electron chi connectivity index (χ3n) is 2.67. The summed E-state index contributed by atoms with van der Waals surface area (Å²) >= 11 is 1.58. The minimum absolute atomic E-state index is 0.0459. The number of anilines is 1. The zero-order chi connectivity index (χ0) is 14.3. The lowest BCUT2D eigenvalue weighted by Gasteiger charge is -2.19. The van der Waals surface area contributed by atoms with Crippen LogP contribution in [0.1, 0.15) is 20.3 Å². The minimum atomic E-state index is -0.277. The van der Waals surface area contributed by atoms with Crippen LogP contribution in [0, 0.1) is 5.92 Å². The van der Waals surface area contributed by atoms with E-state index in [2.05, 4.69) is 24.5 Å². The van der Waals surface area contributed by atoms with Crippen LogP contribution in [0.3, 0.4) is 0 Å². The van der Waals surface area contributed by atoms with E-state index in [1.54, 1.807) is 11.8 Å². The first-order chi connectivity index (χ1) is 9.06. The summed E-state index contributed by atoms with van der Waals surface area (Å²) in [5.74, 6) is 0.427. The summed E-state index contributed by atoms with van der Waals surface area (Å²) in [6.45, 7) is 4.08. The summed E-state index contributed by atoms with van der Waals surface area (Å²) in [6.07, 6.45) is 2.72. The number of para-hydroxylation sites is 1. The van der Waals surface area contributed by atoms with Crippen LogP contribution in [-0.2, 0) is 0 Å². The standard InChI is InChI=1S/C14H22N2O2S/c1-10(2)8-11(9-17)15-14(18)16-12-6-4-5-7-13(12)19-3/h4-7,10-11,17H,8-9H2,1-3H3,(H2,15,16,18). The number of hydrogen-bond donors (Lipinski definition) is 3. The van der Waals surface area contributed by atoms with E-state index in [0.717, 1.165) is 17.0 Å². The molecular formula is C14H22N2O2S. The van der Waals surface area contributed by atoms with E-state index in [1.807, 2.05) is 30.5 Å². The van der Waals surface area contributed by atoms with Gasteiger partial charge in [0.05, 0.1) is 18.3 Å². The van der Waals surface area contributed by atoms with E-state index in [4.69, 9.17) is 0 Å². The Morgan fingerprint density at radius 3 is 2.63 bits per heavy atom. The van der Waals surface area contributed by atoms with Crippen molar-refractivity contribution in [2.45, 2.75) is 31.2 Å². The van der Waals surface area contributed by atoms with Gasteiger partial charge in [0.2, 0.25) is 0 Å². The van der Waals surface area contributed by atoms with Gasteiger partial charge in [-0.25, -0.2) is 4.79 Å². The molecule has 1 atom stereocenters. The largest absolute Gasteiger partial charge is 0.394 e. The maximum Gasteiger partial charge on any atom is 0.319 e. The maximum atomic E-state index is 11.9. The normalized spacial score (nSPS) is 12.3. The lowest BCUT2D eigenvalue weighted by Crippen LogP contribution is -2.41. The van der Waals surface area contributed by atoms with Gasteiger partial charge in [-0.3, -0.25) is 0 Å². The van der Waals surface area contributed by atoms with E-state index in [0.29, 0.717) is 5.92 Å². The molecule has 0 bridgehead atoms. The number of benzene rings is 1. The lowest BCUT2D eigenvalue weighted by molar-refractivity contribution is 0.214. The van der Waals surface area contributed by atoms with Gasteiger partial charge in [0.25, 0.3) is 0 Å². The molecule has 19 heavy (non-hydrogen) atoms. The Bertz CT molecular complexity index is 410. The third kappa shape index (κ3) is 5.53. The number of amides is 2. The number of urea groups is 1. The number of carbonyl (C=O) groups is 1. The molecule has 0 aromatic heterocycles. The molecule has 0 aliphatic heterocycles. The second-order valence-corrected chi connectivity index (χ2v) is 5.66. The van der Waals surface area contributed by atoms with Crippen molar-refractivity contribution in [3.05, 3.63) is 24.3 Å². The molecule has 1 aromatic rings. The van der Waals surface area contributed by atoms with E-state index in [9.17, 15) is 9.90 Å². The van der Waals surface area contributed by atoms with Gasteiger partial charge in [-0.2, -0.15) is 0 Å². The van der Waals surface area contributed by atoms with Gasteiger partial charge in [-0.05, 0) is 30.7 Å². The Morgan fingerprint density at radius 2 is 2.05 bits per heavy atom. The molecule has 0 heterocycles. The molecule has 1 aromatic carbocycles. The number of hydrogen-bond acceptors (Lipinski definition) is 3. The maximum absolute atomic E-state index is 11.9. The first-order valence-electron chi connectivity index (χ1n) is 6.38. The molecule has 0 aliphatic carbocycles. The molecule has 0 fully saturated rings. The number of carbonyl (C=O) groups excluding carboxylic acids is 1. The predicted octanol–water partition coefficient (Wildman–Crippen LogP) is 2.94. The first-order valence-corrected chi connectivity index (χ1v) is 7.60. The van der Waals surface area contributed by atoms with Gasteiger partial charge in [0.1, 0.15) is 0 Å². The van der Waals surface area contributed by atoms with Crippen molar-refractivity contribution in [2.75, 3.05) is 18.2 Å². The van der Waals surface area contributed by atoms with Gasteiger partial charge >= 0.3 is 6.03 Å².